The third-order valence-corrected chi connectivity index (χ3v) is 8.39. The van der Waals surface area contributed by atoms with E-state index in [1.165, 1.54) is 30.6 Å². The van der Waals surface area contributed by atoms with E-state index in [1.807, 2.05) is 0 Å². The molecule has 5 nitrogen and oxygen atoms in total. The van der Waals surface area contributed by atoms with Gasteiger partial charge in [-0.3, -0.25) is 4.90 Å². The SMILES string of the molecule is O=S(=O)(NCC1(N2CCOCC2)CCCCC1)c1ccc(Br)s1. The number of thiophene rings is 1. The predicted octanol–water partition coefficient (Wildman–Crippen LogP) is 2.82. The Balaban J connectivity index is 1.73. The summed E-state index contributed by atoms with van der Waals surface area (Å²) in [5.41, 5.74) is -0.0520. The summed E-state index contributed by atoms with van der Waals surface area (Å²) in [4.78, 5) is 2.45. The molecule has 1 N–H and O–H groups in total. The highest BCUT2D eigenvalue weighted by atomic mass is 79.9. The molecular formula is C15H23BrN2O3S2. The standard InChI is InChI=1S/C15H23BrN2O3S2/c16-13-4-5-14(22-13)23(19,20)17-12-15(6-2-1-3-7-15)18-8-10-21-11-9-18/h4-5,17H,1-3,6-12H2. The fourth-order valence-corrected chi connectivity index (χ4v) is 6.77. The van der Waals surface area contributed by atoms with Crippen LogP contribution in [0.3, 0.4) is 0 Å². The van der Waals surface area contributed by atoms with Gasteiger partial charge in [0.15, 0.2) is 0 Å². The van der Waals surface area contributed by atoms with Crippen LogP contribution in [-0.2, 0) is 14.8 Å². The molecule has 1 aromatic heterocycles. The molecule has 1 aromatic rings. The van der Waals surface area contributed by atoms with E-state index in [0.29, 0.717) is 10.8 Å². The lowest BCUT2D eigenvalue weighted by molar-refractivity contribution is -0.0348. The second-order valence-corrected chi connectivity index (χ2v) is 10.7. The van der Waals surface area contributed by atoms with Crippen molar-refractivity contribution in [3.8, 4) is 0 Å². The van der Waals surface area contributed by atoms with Crippen molar-refractivity contribution in [3.63, 3.8) is 0 Å². The molecule has 0 spiro atoms. The topological polar surface area (TPSA) is 58.6 Å². The van der Waals surface area contributed by atoms with Crippen molar-refractivity contribution in [1.29, 1.82) is 0 Å². The van der Waals surface area contributed by atoms with E-state index >= 15 is 0 Å². The molecule has 2 aliphatic rings. The van der Waals surface area contributed by atoms with Gasteiger partial charge in [0, 0.05) is 25.2 Å². The van der Waals surface area contributed by atoms with Gasteiger partial charge >= 0.3 is 0 Å². The second kappa shape index (κ2) is 7.49. The molecule has 1 aliphatic carbocycles. The molecule has 23 heavy (non-hydrogen) atoms. The van der Waals surface area contributed by atoms with Gasteiger partial charge in [-0.1, -0.05) is 19.3 Å². The third kappa shape index (κ3) is 4.16. The van der Waals surface area contributed by atoms with Crippen LogP contribution in [0.4, 0.5) is 0 Å². The monoisotopic (exact) mass is 422 g/mol. The largest absolute Gasteiger partial charge is 0.379 e. The van der Waals surface area contributed by atoms with Gasteiger partial charge in [0.05, 0.1) is 17.0 Å². The molecule has 0 amide bonds. The van der Waals surface area contributed by atoms with Gasteiger partial charge < -0.3 is 4.74 Å². The summed E-state index contributed by atoms with van der Waals surface area (Å²) >= 11 is 4.58. The Hall–Kier alpha value is 0.01000. The van der Waals surface area contributed by atoms with E-state index in [9.17, 15) is 8.42 Å². The van der Waals surface area contributed by atoms with Crippen molar-refractivity contribution in [3.05, 3.63) is 15.9 Å². The third-order valence-electron chi connectivity index (χ3n) is 4.87. The van der Waals surface area contributed by atoms with Crippen LogP contribution in [-0.4, -0.2) is 51.7 Å². The van der Waals surface area contributed by atoms with Crippen molar-refractivity contribution in [1.82, 2.24) is 9.62 Å². The van der Waals surface area contributed by atoms with E-state index < -0.39 is 10.0 Å². The minimum Gasteiger partial charge on any atom is -0.379 e. The van der Waals surface area contributed by atoms with Gasteiger partial charge in [-0.2, -0.15) is 0 Å². The van der Waals surface area contributed by atoms with Crippen LogP contribution in [0, 0.1) is 0 Å². The molecule has 8 heteroatoms. The number of halogens is 1. The Labute approximate surface area is 150 Å². The molecule has 0 radical (unpaired) electrons. The number of nitrogens with one attached hydrogen (secondary N) is 1. The van der Waals surface area contributed by atoms with Crippen molar-refractivity contribution in [2.45, 2.75) is 41.9 Å². The van der Waals surface area contributed by atoms with E-state index in [4.69, 9.17) is 4.74 Å². The van der Waals surface area contributed by atoms with Gasteiger partial charge in [0.2, 0.25) is 10.0 Å². The zero-order valence-corrected chi connectivity index (χ0v) is 16.3. The number of hydrogen-bond donors (Lipinski definition) is 1. The Morgan fingerprint density at radius 1 is 1.22 bits per heavy atom. The lowest BCUT2D eigenvalue weighted by Gasteiger charge is -2.48. The van der Waals surface area contributed by atoms with Crippen molar-refractivity contribution >= 4 is 37.3 Å². The summed E-state index contributed by atoms with van der Waals surface area (Å²) in [6.07, 6.45) is 5.71. The quantitative estimate of drug-likeness (QED) is 0.792. The maximum absolute atomic E-state index is 12.5. The lowest BCUT2D eigenvalue weighted by atomic mass is 9.80. The fourth-order valence-electron chi connectivity index (χ4n) is 3.59. The molecule has 2 fully saturated rings. The zero-order chi connectivity index (χ0) is 16.3. The smallest absolute Gasteiger partial charge is 0.250 e. The van der Waals surface area contributed by atoms with E-state index in [2.05, 4.69) is 25.6 Å². The number of rotatable bonds is 5. The Bertz CT molecular complexity index is 620. The van der Waals surface area contributed by atoms with E-state index in [1.54, 1.807) is 12.1 Å². The average molecular weight is 423 g/mol. The van der Waals surface area contributed by atoms with Crippen molar-refractivity contribution < 1.29 is 13.2 Å². The van der Waals surface area contributed by atoms with Crippen molar-refractivity contribution in [2.75, 3.05) is 32.8 Å². The number of ether oxygens (including phenoxy) is 1. The number of nitrogens with zero attached hydrogens (tertiary/aromatic N) is 1. The number of morpholine rings is 1. The van der Waals surface area contributed by atoms with Gasteiger partial charge in [0.25, 0.3) is 0 Å². The van der Waals surface area contributed by atoms with Gasteiger partial charge in [-0.25, -0.2) is 13.1 Å². The summed E-state index contributed by atoms with van der Waals surface area (Å²) in [7, 11) is -3.44. The summed E-state index contributed by atoms with van der Waals surface area (Å²) < 4.78 is 34.6. The van der Waals surface area contributed by atoms with Crippen LogP contribution < -0.4 is 4.72 Å². The highest BCUT2D eigenvalue weighted by molar-refractivity contribution is 9.11. The summed E-state index contributed by atoms with van der Waals surface area (Å²) in [6.45, 7) is 3.77. The lowest BCUT2D eigenvalue weighted by Crippen LogP contribution is -2.59. The molecule has 0 bridgehead atoms. The number of hydrogen-bond acceptors (Lipinski definition) is 5. The first-order valence-corrected chi connectivity index (χ1v) is 11.2. The van der Waals surface area contributed by atoms with Gasteiger partial charge in [-0.05, 0) is 40.9 Å². The van der Waals surface area contributed by atoms with Crippen LogP contribution in [0.25, 0.3) is 0 Å². The van der Waals surface area contributed by atoms with E-state index in [0.717, 1.165) is 42.9 Å². The van der Waals surface area contributed by atoms with Crippen LogP contribution in [0.1, 0.15) is 32.1 Å². The first-order chi connectivity index (χ1) is 11.0. The highest BCUT2D eigenvalue weighted by Crippen LogP contribution is 2.34. The highest BCUT2D eigenvalue weighted by Gasteiger charge is 2.39. The van der Waals surface area contributed by atoms with Gasteiger partial charge in [0.1, 0.15) is 4.21 Å². The minimum atomic E-state index is -3.44. The molecular weight excluding hydrogens is 400 g/mol. The normalized spacial score (nSPS) is 23.0. The average Bonchev–Trinajstić information content (AvgIpc) is 3.02. The molecule has 0 unspecified atom stereocenters. The summed E-state index contributed by atoms with van der Waals surface area (Å²) in [5, 5.41) is 0. The Kier molecular flexibility index (Phi) is 5.81. The molecule has 1 aliphatic heterocycles. The first-order valence-electron chi connectivity index (χ1n) is 8.10. The minimum absolute atomic E-state index is 0.0520. The van der Waals surface area contributed by atoms with Crippen molar-refractivity contribution in [2.24, 2.45) is 0 Å². The summed E-state index contributed by atoms with van der Waals surface area (Å²) in [6, 6.07) is 3.43. The van der Waals surface area contributed by atoms with Crippen LogP contribution >= 0.6 is 27.3 Å². The molecule has 0 aromatic carbocycles. The molecule has 130 valence electrons. The molecule has 0 atom stereocenters. The molecule has 3 rings (SSSR count). The summed E-state index contributed by atoms with van der Waals surface area (Å²) in [5.74, 6) is 0. The Morgan fingerprint density at radius 2 is 1.91 bits per heavy atom. The maximum Gasteiger partial charge on any atom is 0.250 e. The Morgan fingerprint density at radius 3 is 2.52 bits per heavy atom. The van der Waals surface area contributed by atoms with Crippen LogP contribution in [0.2, 0.25) is 0 Å². The van der Waals surface area contributed by atoms with Gasteiger partial charge in [-0.15, -0.1) is 11.3 Å². The molecule has 1 saturated carbocycles. The fraction of sp³-hybridized carbons (Fsp3) is 0.733. The molecule has 1 saturated heterocycles. The predicted molar refractivity (Wildman–Crippen MR) is 95.4 cm³/mol. The maximum atomic E-state index is 12.5. The first kappa shape index (κ1) is 17.8. The molecule has 2 heterocycles. The zero-order valence-electron chi connectivity index (χ0n) is 13.1. The van der Waals surface area contributed by atoms with Crippen LogP contribution in [0.5, 0.6) is 0 Å². The second-order valence-electron chi connectivity index (χ2n) is 6.27. The van der Waals surface area contributed by atoms with E-state index in [-0.39, 0.29) is 5.54 Å². The number of sulfonamides is 1. The van der Waals surface area contributed by atoms with Crippen LogP contribution in [0.15, 0.2) is 20.1 Å².